The van der Waals surface area contributed by atoms with Crippen molar-refractivity contribution in [2.45, 2.75) is 52.9 Å². The molecule has 0 heterocycles. The fourth-order valence-corrected chi connectivity index (χ4v) is 2.04. The van der Waals surface area contributed by atoms with Gasteiger partial charge in [0, 0.05) is 18.8 Å². The Hall–Kier alpha value is -1.51. The molecule has 20 heavy (non-hydrogen) atoms. The van der Waals surface area contributed by atoms with Gasteiger partial charge in [-0.25, -0.2) is 4.79 Å². The molecule has 3 heteroatoms. The molecule has 0 aliphatic rings. The predicted molar refractivity (Wildman–Crippen MR) is 86.2 cm³/mol. The maximum atomic E-state index is 12.3. The lowest BCUT2D eigenvalue weighted by Crippen LogP contribution is -2.36. The normalized spacial score (nSPS) is 10.3. The average Bonchev–Trinajstić information content (AvgIpc) is 2.48. The topological polar surface area (TPSA) is 32.3 Å². The molecule has 0 bridgehead atoms. The lowest BCUT2D eigenvalue weighted by atomic mass is 10.1. The number of rotatable bonds is 8. The van der Waals surface area contributed by atoms with Crippen molar-refractivity contribution in [1.29, 1.82) is 0 Å². The Balaban J connectivity index is 2.58. The van der Waals surface area contributed by atoms with E-state index < -0.39 is 0 Å². The summed E-state index contributed by atoms with van der Waals surface area (Å²) >= 11 is 0. The van der Waals surface area contributed by atoms with Crippen molar-refractivity contribution >= 4 is 11.7 Å². The van der Waals surface area contributed by atoms with E-state index >= 15 is 0 Å². The van der Waals surface area contributed by atoms with Crippen molar-refractivity contribution < 1.29 is 4.79 Å². The first kappa shape index (κ1) is 16.5. The molecule has 3 nitrogen and oxygen atoms in total. The second-order valence-electron chi connectivity index (χ2n) is 5.17. The number of carbonyl (C=O) groups is 1. The summed E-state index contributed by atoms with van der Waals surface area (Å²) in [5.74, 6) is 0. The van der Waals surface area contributed by atoms with Gasteiger partial charge in [0.05, 0.1) is 0 Å². The second-order valence-corrected chi connectivity index (χ2v) is 5.17. The van der Waals surface area contributed by atoms with E-state index in [1.54, 1.807) is 0 Å². The Morgan fingerprint density at radius 3 is 2.00 bits per heavy atom. The molecule has 0 atom stereocenters. The molecule has 0 radical (unpaired) electrons. The van der Waals surface area contributed by atoms with Gasteiger partial charge in [-0.2, -0.15) is 0 Å². The van der Waals surface area contributed by atoms with Crippen molar-refractivity contribution in [3.05, 3.63) is 29.8 Å². The number of nitrogens with zero attached hydrogens (tertiary/aromatic N) is 1. The number of benzene rings is 1. The molecule has 1 N–H and O–H groups in total. The summed E-state index contributed by atoms with van der Waals surface area (Å²) in [5.41, 5.74) is 2.17. The van der Waals surface area contributed by atoms with Crippen LogP contribution in [-0.2, 0) is 6.42 Å². The summed E-state index contributed by atoms with van der Waals surface area (Å²) in [5, 5.41) is 3.00. The van der Waals surface area contributed by atoms with Crippen molar-refractivity contribution in [2.75, 3.05) is 18.4 Å². The van der Waals surface area contributed by atoms with Crippen LogP contribution in [0.5, 0.6) is 0 Å². The fourth-order valence-electron chi connectivity index (χ4n) is 2.04. The highest BCUT2D eigenvalue weighted by molar-refractivity contribution is 5.89. The molecule has 2 amide bonds. The largest absolute Gasteiger partial charge is 0.325 e. The summed E-state index contributed by atoms with van der Waals surface area (Å²) in [7, 11) is 0. The molecule has 1 rings (SSSR count). The van der Waals surface area contributed by atoms with Crippen molar-refractivity contribution in [3.8, 4) is 0 Å². The third-order valence-corrected chi connectivity index (χ3v) is 3.46. The van der Waals surface area contributed by atoms with Crippen LogP contribution in [0.3, 0.4) is 0 Å². The highest BCUT2D eigenvalue weighted by Crippen LogP contribution is 2.11. The van der Waals surface area contributed by atoms with Crippen LogP contribution in [0.15, 0.2) is 24.3 Å². The van der Waals surface area contributed by atoms with Gasteiger partial charge in [0.1, 0.15) is 0 Å². The zero-order valence-corrected chi connectivity index (χ0v) is 13.1. The van der Waals surface area contributed by atoms with Crippen LogP contribution in [0, 0.1) is 0 Å². The highest BCUT2D eigenvalue weighted by Gasteiger charge is 2.12. The summed E-state index contributed by atoms with van der Waals surface area (Å²) in [6.45, 7) is 8.12. The number of nitrogens with one attached hydrogen (secondary N) is 1. The maximum absolute atomic E-state index is 12.3. The van der Waals surface area contributed by atoms with Crippen molar-refractivity contribution in [2.24, 2.45) is 0 Å². The minimum atomic E-state index is 0.0242. The molecule has 0 fully saturated rings. The molecule has 0 aromatic heterocycles. The quantitative estimate of drug-likeness (QED) is 0.734. The molecular formula is C17H28N2O. The Morgan fingerprint density at radius 2 is 1.55 bits per heavy atom. The highest BCUT2D eigenvalue weighted by atomic mass is 16.2. The van der Waals surface area contributed by atoms with Gasteiger partial charge in [0.2, 0.25) is 0 Å². The van der Waals surface area contributed by atoms with Gasteiger partial charge in [-0.05, 0) is 37.0 Å². The Bertz CT molecular complexity index is 378. The molecule has 1 aromatic carbocycles. The number of hydrogen-bond donors (Lipinski definition) is 1. The zero-order valence-electron chi connectivity index (χ0n) is 13.1. The van der Waals surface area contributed by atoms with E-state index in [0.717, 1.165) is 50.9 Å². The smallest absolute Gasteiger partial charge is 0.321 e. The average molecular weight is 276 g/mol. The SMILES string of the molecule is CCCCN(CCCC)C(=O)Nc1ccc(CC)cc1. The summed E-state index contributed by atoms with van der Waals surface area (Å²) in [4.78, 5) is 14.2. The molecule has 1 aromatic rings. The van der Waals surface area contributed by atoms with Crippen LogP contribution in [0.4, 0.5) is 10.5 Å². The molecule has 0 aliphatic carbocycles. The van der Waals surface area contributed by atoms with Crippen LogP contribution in [0.2, 0.25) is 0 Å². The van der Waals surface area contributed by atoms with Crippen LogP contribution in [-0.4, -0.2) is 24.0 Å². The van der Waals surface area contributed by atoms with Gasteiger partial charge >= 0.3 is 6.03 Å². The molecular weight excluding hydrogens is 248 g/mol. The van der Waals surface area contributed by atoms with Crippen LogP contribution in [0.1, 0.15) is 52.0 Å². The van der Waals surface area contributed by atoms with Crippen LogP contribution < -0.4 is 5.32 Å². The number of carbonyl (C=O) groups excluding carboxylic acids is 1. The van der Waals surface area contributed by atoms with Gasteiger partial charge in [-0.1, -0.05) is 45.7 Å². The van der Waals surface area contributed by atoms with Gasteiger partial charge in [0.25, 0.3) is 0 Å². The fraction of sp³-hybridized carbons (Fsp3) is 0.588. The minimum Gasteiger partial charge on any atom is -0.325 e. The third kappa shape index (κ3) is 5.64. The van der Waals surface area contributed by atoms with Crippen LogP contribution >= 0.6 is 0 Å². The summed E-state index contributed by atoms with van der Waals surface area (Å²) < 4.78 is 0. The van der Waals surface area contributed by atoms with E-state index in [1.165, 1.54) is 5.56 Å². The Labute approximate surface area is 123 Å². The Kier molecular flexibility index (Phi) is 7.78. The van der Waals surface area contributed by atoms with Gasteiger partial charge in [-0.15, -0.1) is 0 Å². The lowest BCUT2D eigenvalue weighted by Gasteiger charge is -2.22. The predicted octanol–water partition coefficient (Wildman–Crippen LogP) is 4.68. The number of aryl methyl sites for hydroxylation is 1. The standard InChI is InChI=1S/C17H28N2O/c1-4-7-13-19(14-8-5-2)17(20)18-16-11-9-15(6-3)10-12-16/h9-12H,4-8,13-14H2,1-3H3,(H,18,20). The van der Waals surface area contributed by atoms with E-state index in [0.29, 0.717) is 0 Å². The molecule has 0 spiro atoms. The van der Waals surface area contributed by atoms with Crippen molar-refractivity contribution in [3.63, 3.8) is 0 Å². The van der Waals surface area contributed by atoms with E-state index in [9.17, 15) is 4.79 Å². The second kappa shape index (κ2) is 9.40. The first-order chi connectivity index (χ1) is 9.71. The molecule has 0 saturated heterocycles. The Morgan fingerprint density at radius 1 is 1.00 bits per heavy atom. The van der Waals surface area contributed by atoms with E-state index in [2.05, 4.69) is 38.2 Å². The summed E-state index contributed by atoms with van der Waals surface area (Å²) in [6, 6.07) is 8.12. The molecule has 112 valence electrons. The molecule has 0 aliphatic heterocycles. The number of amides is 2. The first-order valence-corrected chi connectivity index (χ1v) is 7.86. The molecule has 0 saturated carbocycles. The zero-order chi connectivity index (χ0) is 14.8. The number of anilines is 1. The molecule has 0 unspecified atom stereocenters. The van der Waals surface area contributed by atoms with Crippen LogP contribution in [0.25, 0.3) is 0 Å². The first-order valence-electron chi connectivity index (χ1n) is 7.86. The van der Waals surface area contributed by atoms with E-state index in [1.807, 2.05) is 17.0 Å². The van der Waals surface area contributed by atoms with E-state index in [-0.39, 0.29) is 6.03 Å². The van der Waals surface area contributed by atoms with Gasteiger partial charge in [-0.3, -0.25) is 0 Å². The third-order valence-electron chi connectivity index (χ3n) is 3.46. The number of unbranched alkanes of at least 4 members (excludes halogenated alkanes) is 2. The van der Waals surface area contributed by atoms with Gasteiger partial charge in [0.15, 0.2) is 0 Å². The number of hydrogen-bond acceptors (Lipinski definition) is 1. The van der Waals surface area contributed by atoms with Crippen molar-refractivity contribution in [1.82, 2.24) is 4.90 Å². The summed E-state index contributed by atoms with van der Waals surface area (Å²) in [6.07, 6.45) is 5.37. The maximum Gasteiger partial charge on any atom is 0.321 e. The monoisotopic (exact) mass is 276 g/mol. The number of urea groups is 1. The van der Waals surface area contributed by atoms with Gasteiger partial charge < -0.3 is 10.2 Å². The van der Waals surface area contributed by atoms with E-state index in [4.69, 9.17) is 0 Å². The minimum absolute atomic E-state index is 0.0242. The lowest BCUT2D eigenvalue weighted by molar-refractivity contribution is 0.210.